The van der Waals surface area contributed by atoms with Gasteiger partial charge in [0.15, 0.2) is 0 Å². The summed E-state index contributed by atoms with van der Waals surface area (Å²) in [5, 5.41) is 22.8. The molecular formula is C14H10I2N2O3. The van der Waals surface area contributed by atoms with Gasteiger partial charge in [0.2, 0.25) is 0 Å². The third kappa shape index (κ3) is 4.30. The molecule has 0 radical (unpaired) electrons. The van der Waals surface area contributed by atoms with Crippen LogP contribution in [0.1, 0.15) is 15.9 Å². The predicted molar refractivity (Wildman–Crippen MR) is 96.7 cm³/mol. The van der Waals surface area contributed by atoms with Gasteiger partial charge >= 0.3 is 0 Å². The number of rotatable bonds is 3. The van der Waals surface area contributed by atoms with Crippen molar-refractivity contribution in [3.05, 3.63) is 54.7 Å². The lowest BCUT2D eigenvalue weighted by molar-refractivity contribution is 0.0954. The van der Waals surface area contributed by atoms with Crippen LogP contribution in [0, 0.1) is 7.14 Å². The predicted octanol–water partition coefficient (Wildman–Crippen LogP) is 3.07. The lowest BCUT2D eigenvalue weighted by Gasteiger charge is -2.02. The van der Waals surface area contributed by atoms with Gasteiger partial charge in [-0.25, -0.2) is 5.43 Å². The lowest BCUT2D eigenvalue weighted by atomic mass is 10.2. The second-order valence-electron chi connectivity index (χ2n) is 4.08. The monoisotopic (exact) mass is 508 g/mol. The Morgan fingerprint density at radius 3 is 2.48 bits per heavy atom. The average molecular weight is 508 g/mol. The van der Waals surface area contributed by atoms with E-state index in [1.54, 1.807) is 30.3 Å². The minimum absolute atomic E-state index is 0.0558. The molecule has 108 valence electrons. The fourth-order valence-corrected chi connectivity index (χ4v) is 2.36. The highest BCUT2D eigenvalue weighted by atomic mass is 127. The second-order valence-corrected chi connectivity index (χ2v) is 6.40. The standard InChI is InChI=1S/C14H10I2N2O3/c15-10-3-2-9(6-13(10)20)14(21)18-17-7-8-1-4-12(19)11(16)5-8/h1-7,19-20H,(H,18,21)/b17-7-. The highest BCUT2D eigenvalue weighted by Gasteiger charge is 2.07. The quantitative estimate of drug-likeness (QED) is 0.339. The first-order chi connectivity index (χ1) is 9.97. The van der Waals surface area contributed by atoms with Crippen molar-refractivity contribution in [1.82, 2.24) is 5.43 Å². The fraction of sp³-hybridized carbons (Fsp3) is 0. The maximum absolute atomic E-state index is 11.8. The van der Waals surface area contributed by atoms with Crippen molar-refractivity contribution < 1.29 is 15.0 Å². The first kappa shape index (κ1) is 16.0. The summed E-state index contributed by atoms with van der Waals surface area (Å²) in [4.78, 5) is 11.8. The summed E-state index contributed by atoms with van der Waals surface area (Å²) in [7, 11) is 0. The molecule has 0 aliphatic rings. The van der Waals surface area contributed by atoms with Crippen LogP contribution in [0.2, 0.25) is 0 Å². The first-order valence-electron chi connectivity index (χ1n) is 5.78. The molecule has 2 rings (SSSR count). The van der Waals surface area contributed by atoms with E-state index in [4.69, 9.17) is 0 Å². The third-order valence-corrected chi connectivity index (χ3v) is 4.34. The van der Waals surface area contributed by atoms with Gasteiger partial charge in [0.25, 0.3) is 5.91 Å². The summed E-state index contributed by atoms with van der Waals surface area (Å²) in [6, 6.07) is 9.62. The van der Waals surface area contributed by atoms with E-state index in [2.05, 4.69) is 10.5 Å². The fourth-order valence-electron chi connectivity index (χ4n) is 1.49. The molecule has 1 amide bonds. The molecule has 0 aliphatic heterocycles. The van der Waals surface area contributed by atoms with E-state index in [9.17, 15) is 15.0 Å². The number of hydrazone groups is 1. The molecule has 0 spiro atoms. The van der Waals surface area contributed by atoms with Gasteiger partial charge in [-0.2, -0.15) is 5.10 Å². The van der Waals surface area contributed by atoms with E-state index >= 15 is 0 Å². The summed E-state index contributed by atoms with van der Waals surface area (Å²) in [6.07, 6.45) is 1.48. The number of carbonyl (C=O) groups is 1. The summed E-state index contributed by atoms with van der Waals surface area (Å²) in [5.41, 5.74) is 3.46. The van der Waals surface area contributed by atoms with E-state index in [0.717, 1.165) is 5.56 Å². The van der Waals surface area contributed by atoms with Crippen LogP contribution in [-0.2, 0) is 0 Å². The van der Waals surface area contributed by atoms with Gasteiger partial charge in [0, 0.05) is 5.56 Å². The molecule has 0 saturated carbocycles. The Balaban J connectivity index is 2.04. The van der Waals surface area contributed by atoms with Crippen molar-refractivity contribution in [3.8, 4) is 11.5 Å². The average Bonchev–Trinajstić information content (AvgIpc) is 2.45. The Labute approximate surface area is 148 Å². The molecule has 3 N–H and O–H groups in total. The number of nitrogens with one attached hydrogen (secondary N) is 1. The van der Waals surface area contributed by atoms with Crippen molar-refractivity contribution in [2.24, 2.45) is 5.10 Å². The molecule has 0 heterocycles. The third-order valence-electron chi connectivity index (χ3n) is 2.56. The zero-order valence-corrected chi connectivity index (χ0v) is 14.9. The summed E-state index contributed by atoms with van der Waals surface area (Å²) in [5.74, 6) is -0.155. The van der Waals surface area contributed by atoms with Gasteiger partial charge in [0.1, 0.15) is 11.5 Å². The number of hydrogen-bond donors (Lipinski definition) is 3. The van der Waals surface area contributed by atoms with Crippen LogP contribution in [0.5, 0.6) is 11.5 Å². The van der Waals surface area contributed by atoms with Gasteiger partial charge in [-0.15, -0.1) is 0 Å². The summed E-state index contributed by atoms with van der Waals surface area (Å²) < 4.78 is 1.37. The Kier molecular flexibility index (Phi) is 5.39. The molecule has 2 aromatic carbocycles. The summed E-state index contributed by atoms with van der Waals surface area (Å²) >= 11 is 3.98. The molecule has 0 aromatic heterocycles. The Hall–Kier alpha value is -1.36. The first-order valence-corrected chi connectivity index (χ1v) is 7.93. The number of hydrogen-bond acceptors (Lipinski definition) is 4. The molecular weight excluding hydrogens is 498 g/mol. The van der Waals surface area contributed by atoms with Crippen LogP contribution < -0.4 is 5.43 Å². The molecule has 2 aromatic rings. The van der Waals surface area contributed by atoms with Crippen LogP contribution in [0.25, 0.3) is 0 Å². The van der Waals surface area contributed by atoms with Gasteiger partial charge in [0.05, 0.1) is 13.4 Å². The van der Waals surface area contributed by atoms with Crippen molar-refractivity contribution >= 4 is 57.3 Å². The number of phenols is 2. The zero-order chi connectivity index (χ0) is 15.4. The van der Waals surface area contributed by atoms with Gasteiger partial charge < -0.3 is 10.2 Å². The number of halogens is 2. The number of phenolic OH excluding ortho intramolecular Hbond substituents is 2. The molecule has 0 aliphatic carbocycles. The van der Waals surface area contributed by atoms with Gasteiger partial charge in [-0.05, 0) is 87.1 Å². The smallest absolute Gasteiger partial charge is 0.271 e. The van der Waals surface area contributed by atoms with E-state index < -0.39 is 5.91 Å². The van der Waals surface area contributed by atoms with Crippen LogP contribution in [-0.4, -0.2) is 22.3 Å². The van der Waals surface area contributed by atoms with E-state index in [-0.39, 0.29) is 11.5 Å². The van der Waals surface area contributed by atoms with Crippen LogP contribution in [0.15, 0.2) is 41.5 Å². The molecule has 0 saturated heterocycles. The Morgan fingerprint density at radius 2 is 1.81 bits per heavy atom. The topological polar surface area (TPSA) is 81.9 Å². The van der Waals surface area contributed by atoms with Crippen molar-refractivity contribution in [1.29, 1.82) is 0 Å². The number of amides is 1. The van der Waals surface area contributed by atoms with Crippen LogP contribution in [0.4, 0.5) is 0 Å². The molecule has 21 heavy (non-hydrogen) atoms. The molecule has 0 unspecified atom stereocenters. The Bertz CT molecular complexity index is 717. The highest BCUT2D eigenvalue weighted by Crippen LogP contribution is 2.20. The van der Waals surface area contributed by atoms with Crippen molar-refractivity contribution in [2.45, 2.75) is 0 Å². The van der Waals surface area contributed by atoms with Crippen LogP contribution in [0.3, 0.4) is 0 Å². The SMILES string of the molecule is O=C(N/N=C\c1ccc(O)c(I)c1)c1ccc(I)c(O)c1. The molecule has 5 nitrogen and oxygen atoms in total. The Morgan fingerprint density at radius 1 is 1.05 bits per heavy atom. The van der Waals surface area contributed by atoms with E-state index in [1.165, 1.54) is 12.3 Å². The van der Waals surface area contributed by atoms with Crippen LogP contribution >= 0.6 is 45.2 Å². The van der Waals surface area contributed by atoms with Crippen molar-refractivity contribution in [3.63, 3.8) is 0 Å². The highest BCUT2D eigenvalue weighted by molar-refractivity contribution is 14.1. The molecule has 0 bridgehead atoms. The summed E-state index contributed by atoms with van der Waals surface area (Å²) in [6.45, 7) is 0. The van der Waals surface area contributed by atoms with Crippen molar-refractivity contribution in [2.75, 3.05) is 0 Å². The lowest BCUT2D eigenvalue weighted by Crippen LogP contribution is -2.17. The number of aromatic hydroxyl groups is 2. The van der Waals surface area contributed by atoms with E-state index in [1.807, 2.05) is 45.2 Å². The maximum Gasteiger partial charge on any atom is 0.271 e. The molecule has 0 atom stereocenters. The maximum atomic E-state index is 11.8. The normalized spacial score (nSPS) is 10.8. The minimum Gasteiger partial charge on any atom is -0.507 e. The number of benzene rings is 2. The molecule has 7 heteroatoms. The van der Waals surface area contributed by atoms with Gasteiger partial charge in [-0.3, -0.25) is 4.79 Å². The van der Waals surface area contributed by atoms with Gasteiger partial charge in [-0.1, -0.05) is 0 Å². The zero-order valence-electron chi connectivity index (χ0n) is 10.5. The molecule has 0 fully saturated rings. The number of carbonyl (C=O) groups excluding carboxylic acids is 1. The number of nitrogens with zero attached hydrogens (tertiary/aromatic N) is 1. The second kappa shape index (κ2) is 7.07. The minimum atomic E-state index is -0.411. The largest absolute Gasteiger partial charge is 0.507 e. The van der Waals surface area contributed by atoms with E-state index in [0.29, 0.717) is 12.7 Å².